The van der Waals surface area contributed by atoms with E-state index in [0.717, 1.165) is 30.7 Å². The maximum atomic E-state index is 12.2. The van der Waals surface area contributed by atoms with Crippen molar-refractivity contribution < 1.29 is 24.5 Å². The summed E-state index contributed by atoms with van der Waals surface area (Å²) in [7, 11) is 0. The number of H-pyrrole nitrogens is 1. The number of aliphatic hydroxyl groups is 2. The number of carbonyl (C=O) groups excluding carboxylic acids is 2. The summed E-state index contributed by atoms with van der Waals surface area (Å²) in [6, 6.07) is -0.722. The second kappa shape index (κ2) is 6.61. The third-order valence-corrected chi connectivity index (χ3v) is 3.93. The molecule has 0 aromatic carbocycles. The molecular weight excluding hydrogens is 338 g/mol. The average Bonchev–Trinajstić information content (AvgIpc) is 2.81. The number of aromatic amines is 1. The van der Waals surface area contributed by atoms with Gasteiger partial charge in [0.25, 0.3) is 5.56 Å². The van der Waals surface area contributed by atoms with E-state index in [9.17, 15) is 29.4 Å². The number of carbonyl (C=O) groups is 2. The Hall–Kier alpha value is -2.79. The van der Waals surface area contributed by atoms with E-state index in [1.807, 2.05) is 4.98 Å². The minimum absolute atomic E-state index is 0.710. The topological polar surface area (TPSA) is 187 Å². The lowest BCUT2D eigenvalue weighted by Gasteiger charge is -2.28. The van der Waals surface area contributed by atoms with Crippen LogP contribution in [-0.2, 0) is 14.3 Å². The van der Waals surface area contributed by atoms with Crippen LogP contribution in [0.3, 0.4) is 0 Å². The van der Waals surface area contributed by atoms with Gasteiger partial charge in [-0.05, 0) is 19.4 Å². The number of aromatic nitrogens is 2. The van der Waals surface area contributed by atoms with Gasteiger partial charge in [-0.25, -0.2) is 4.79 Å². The van der Waals surface area contributed by atoms with Crippen molar-refractivity contribution in [1.29, 1.82) is 0 Å². The Morgan fingerprint density at radius 2 is 2.16 bits per heavy atom. The first-order valence-corrected chi connectivity index (χ1v) is 7.11. The fourth-order valence-corrected chi connectivity index (χ4v) is 2.63. The lowest BCUT2D eigenvalue weighted by molar-refractivity contribution is -0.157. The molecule has 0 aliphatic carbocycles. The van der Waals surface area contributed by atoms with E-state index >= 15 is 0 Å². The molecule has 1 saturated heterocycles. The number of nitrogens with one attached hydrogen (secondary N) is 1. The van der Waals surface area contributed by atoms with Crippen LogP contribution >= 0.6 is 0 Å². The lowest BCUT2D eigenvalue weighted by atomic mass is 9.84. The van der Waals surface area contributed by atoms with E-state index < -0.39 is 52.9 Å². The smallest absolute Gasteiger partial charge is 0.330 e. The van der Waals surface area contributed by atoms with Crippen molar-refractivity contribution in [2.24, 2.45) is 5.11 Å². The average molecular weight is 353 g/mol. The van der Waals surface area contributed by atoms with Crippen LogP contribution < -0.4 is 11.2 Å². The molecule has 1 aliphatic heterocycles. The molecule has 2 rings (SSSR count). The highest BCUT2D eigenvalue weighted by molar-refractivity contribution is 5.98. The van der Waals surface area contributed by atoms with Crippen LogP contribution in [-0.4, -0.2) is 55.2 Å². The Labute approximate surface area is 139 Å². The van der Waals surface area contributed by atoms with Crippen molar-refractivity contribution in [1.82, 2.24) is 9.55 Å². The number of ketones is 2. The first kappa shape index (κ1) is 18.5. The molecule has 134 valence electrons. The first-order chi connectivity index (χ1) is 11.6. The molecule has 0 spiro atoms. The fraction of sp³-hybridized carbons (Fsp3) is 0.538. The predicted molar refractivity (Wildman–Crippen MR) is 80.5 cm³/mol. The number of azide groups is 1. The van der Waals surface area contributed by atoms with Gasteiger partial charge in [-0.3, -0.25) is 23.9 Å². The third-order valence-electron chi connectivity index (χ3n) is 3.93. The Bertz CT molecular complexity index is 868. The number of hydrogen-bond donors (Lipinski definition) is 3. The molecule has 1 fully saturated rings. The summed E-state index contributed by atoms with van der Waals surface area (Å²) in [4.78, 5) is 51.8. The van der Waals surface area contributed by atoms with Gasteiger partial charge in [0.2, 0.25) is 0 Å². The van der Waals surface area contributed by atoms with E-state index in [4.69, 9.17) is 10.3 Å². The highest BCUT2D eigenvalue weighted by Gasteiger charge is 2.62. The summed E-state index contributed by atoms with van der Waals surface area (Å²) in [6.07, 6.45) is -4.01. The molecule has 1 unspecified atom stereocenters. The molecule has 0 radical (unpaired) electrons. The van der Waals surface area contributed by atoms with E-state index in [2.05, 4.69) is 10.0 Å². The van der Waals surface area contributed by atoms with Gasteiger partial charge in [-0.15, -0.1) is 0 Å². The number of nitrogens with zero attached hydrogens (tertiary/aromatic N) is 4. The molecule has 1 aliphatic rings. The summed E-state index contributed by atoms with van der Waals surface area (Å²) >= 11 is 0. The van der Waals surface area contributed by atoms with Gasteiger partial charge in [0.05, 0.1) is 0 Å². The van der Waals surface area contributed by atoms with Crippen molar-refractivity contribution in [3.8, 4) is 0 Å². The van der Waals surface area contributed by atoms with Crippen LogP contribution in [0.4, 0.5) is 0 Å². The lowest BCUT2D eigenvalue weighted by Crippen LogP contribution is -2.56. The molecule has 25 heavy (non-hydrogen) atoms. The van der Waals surface area contributed by atoms with E-state index in [-0.39, 0.29) is 0 Å². The number of Topliss-reactive ketones (excluding diaryl/α,β-unsaturated/α-hetero) is 2. The molecule has 3 N–H and O–H groups in total. The molecule has 0 amide bonds. The molecule has 12 nitrogen and oxygen atoms in total. The van der Waals surface area contributed by atoms with Crippen LogP contribution in [0.15, 0.2) is 27.0 Å². The Morgan fingerprint density at radius 3 is 2.64 bits per heavy atom. The van der Waals surface area contributed by atoms with Crippen molar-refractivity contribution in [3.63, 3.8) is 0 Å². The van der Waals surface area contributed by atoms with Crippen molar-refractivity contribution >= 4 is 11.6 Å². The van der Waals surface area contributed by atoms with E-state index in [1.165, 1.54) is 0 Å². The highest BCUT2D eigenvalue weighted by atomic mass is 16.5. The number of hydrogen-bond acceptors (Lipinski definition) is 8. The normalized spacial score (nSPS) is 29.7. The van der Waals surface area contributed by atoms with Gasteiger partial charge < -0.3 is 14.9 Å². The van der Waals surface area contributed by atoms with Gasteiger partial charge in [0.15, 0.2) is 29.5 Å². The fourth-order valence-electron chi connectivity index (χ4n) is 2.63. The zero-order valence-electron chi connectivity index (χ0n) is 13.2. The van der Waals surface area contributed by atoms with Crippen LogP contribution in [0.25, 0.3) is 10.4 Å². The number of ether oxygens (including phenoxy) is 1. The van der Waals surface area contributed by atoms with Gasteiger partial charge in [0, 0.05) is 17.2 Å². The maximum Gasteiger partial charge on any atom is 0.330 e. The van der Waals surface area contributed by atoms with Crippen LogP contribution in [0.2, 0.25) is 0 Å². The maximum absolute atomic E-state index is 12.2. The summed E-state index contributed by atoms with van der Waals surface area (Å²) in [5, 5.41) is 23.6. The van der Waals surface area contributed by atoms with Crippen molar-refractivity contribution in [2.45, 2.75) is 43.9 Å². The third kappa shape index (κ3) is 2.98. The zero-order valence-corrected chi connectivity index (χ0v) is 13.2. The summed E-state index contributed by atoms with van der Waals surface area (Å²) in [6.45, 7) is 2.05. The standard InChI is InChI=1S/C13H15N5O7/c1-5(19)8(22)10-13(24,6(2)20)9(16-17-14)11(25-10)18-4-3-7(21)15-12(18)23/h3-5,9-11,19,24H,1-2H3,(H,15,21,23)/t5?,9-,10+,11+,13-/m0/s1. The molecule has 2 heterocycles. The minimum atomic E-state index is -2.60. The minimum Gasteiger partial charge on any atom is -0.386 e. The number of aliphatic hydroxyl groups excluding tert-OH is 1. The zero-order chi connectivity index (χ0) is 18.9. The van der Waals surface area contributed by atoms with Crippen LogP contribution in [0, 0.1) is 0 Å². The van der Waals surface area contributed by atoms with E-state index in [0.29, 0.717) is 0 Å². The largest absolute Gasteiger partial charge is 0.386 e. The first-order valence-electron chi connectivity index (χ1n) is 7.11. The SMILES string of the molecule is CC(=O)[C@@]1(O)[C@@H](C(=O)C(C)O)O[C@@H](n2ccc(=O)[nH]c2=O)[C@@H]1N=[N+]=[N-]. The monoisotopic (exact) mass is 353 g/mol. The van der Waals surface area contributed by atoms with Gasteiger partial charge in [-0.1, -0.05) is 5.11 Å². The van der Waals surface area contributed by atoms with Crippen LogP contribution in [0.5, 0.6) is 0 Å². The summed E-state index contributed by atoms with van der Waals surface area (Å²) in [5.74, 6) is -1.99. The Morgan fingerprint density at radius 1 is 1.52 bits per heavy atom. The van der Waals surface area contributed by atoms with Crippen molar-refractivity contribution in [2.75, 3.05) is 0 Å². The molecule has 5 atom stereocenters. The molecular formula is C13H15N5O7. The van der Waals surface area contributed by atoms with Gasteiger partial charge in [0.1, 0.15) is 12.1 Å². The summed E-state index contributed by atoms with van der Waals surface area (Å²) in [5.41, 5.74) is 4.48. The highest BCUT2D eigenvalue weighted by Crippen LogP contribution is 2.40. The molecule has 1 aromatic heterocycles. The quantitative estimate of drug-likeness (QED) is 0.322. The summed E-state index contributed by atoms with van der Waals surface area (Å²) < 4.78 is 6.10. The Kier molecular flexibility index (Phi) is 4.90. The van der Waals surface area contributed by atoms with E-state index in [1.54, 1.807) is 0 Å². The second-order valence-corrected chi connectivity index (χ2v) is 5.53. The molecule has 0 saturated carbocycles. The second-order valence-electron chi connectivity index (χ2n) is 5.53. The molecule has 1 aromatic rings. The number of rotatable bonds is 5. The Balaban J connectivity index is 2.67. The molecule has 12 heteroatoms. The van der Waals surface area contributed by atoms with Gasteiger partial charge in [-0.2, -0.15) is 0 Å². The van der Waals surface area contributed by atoms with Crippen LogP contribution in [0.1, 0.15) is 20.1 Å². The van der Waals surface area contributed by atoms with Gasteiger partial charge >= 0.3 is 5.69 Å². The predicted octanol–water partition coefficient (Wildman–Crippen LogP) is -1.62. The molecule has 0 bridgehead atoms. The van der Waals surface area contributed by atoms with Crippen molar-refractivity contribution in [3.05, 3.63) is 43.5 Å².